The Morgan fingerprint density at radius 1 is 0.935 bits per heavy atom. The second kappa shape index (κ2) is 8.28. The Morgan fingerprint density at radius 3 is 2.39 bits per heavy atom. The molecule has 0 amide bonds. The Morgan fingerprint density at radius 2 is 1.68 bits per heavy atom. The van der Waals surface area contributed by atoms with Crippen LogP contribution < -0.4 is 10.2 Å². The molecule has 1 aromatic heterocycles. The fourth-order valence-corrected chi connectivity index (χ4v) is 4.22. The predicted molar refractivity (Wildman–Crippen MR) is 119 cm³/mol. The SMILES string of the molecule is Cc1cc(Nc2ncn(-c3cc(C)cc(F)c3)n2)cc(N2CCN(C3COC3)CC2)c1. The van der Waals surface area contributed by atoms with Crippen molar-refractivity contribution in [3.05, 3.63) is 59.7 Å². The minimum atomic E-state index is -0.284. The van der Waals surface area contributed by atoms with Crippen molar-refractivity contribution >= 4 is 17.3 Å². The maximum absolute atomic E-state index is 13.7. The summed E-state index contributed by atoms with van der Waals surface area (Å²) in [7, 11) is 0. The topological polar surface area (TPSA) is 58.5 Å². The van der Waals surface area contributed by atoms with Gasteiger partial charge >= 0.3 is 0 Å². The van der Waals surface area contributed by atoms with E-state index in [1.54, 1.807) is 11.0 Å². The van der Waals surface area contributed by atoms with Crippen molar-refractivity contribution in [2.45, 2.75) is 19.9 Å². The third-order valence-electron chi connectivity index (χ3n) is 5.92. The van der Waals surface area contributed by atoms with E-state index in [0.29, 0.717) is 17.7 Å². The molecule has 162 valence electrons. The van der Waals surface area contributed by atoms with Crippen molar-refractivity contribution in [2.75, 3.05) is 49.6 Å². The van der Waals surface area contributed by atoms with Gasteiger partial charge in [-0.1, -0.05) is 0 Å². The molecule has 2 fully saturated rings. The van der Waals surface area contributed by atoms with Gasteiger partial charge in [-0.25, -0.2) is 9.07 Å². The van der Waals surface area contributed by atoms with E-state index in [9.17, 15) is 4.39 Å². The number of nitrogens with one attached hydrogen (secondary N) is 1. The average Bonchev–Trinajstić information content (AvgIpc) is 3.14. The Labute approximate surface area is 181 Å². The summed E-state index contributed by atoms with van der Waals surface area (Å²) in [6.45, 7) is 9.82. The van der Waals surface area contributed by atoms with Crippen molar-refractivity contribution in [1.29, 1.82) is 0 Å². The minimum absolute atomic E-state index is 0.284. The zero-order valence-electron chi connectivity index (χ0n) is 17.9. The van der Waals surface area contributed by atoms with Crippen molar-refractivity contribution < 1.29 is 9.13 Å². The molecule has 1 N–H and O–H groups in total. The number of piperazine rings is 1. The molecule has 8 heteroatoms. The minimum Gasteiger partial charge on any atom is -0.378 e. The van der Waals surface area contributed by atoms with Crippen LogP contribution >= 0.6 is 0 Å². The first-order valence-electron chi connectivity index (χ1n) is 10.7. The molecule has 7 nitrogen and oxygen atoms in total. The molecule has 0 spiro atoms. The van der Waals surface area contributed by atoms with E-state index in [4.69, 9.17) is 4.74 Å². The first-order valence-corrected chi connectivity index (χ1v) is 10.7. The highest BCUT2D eigenvalue weighted by Crippen LogP contribution is 2.26. The van der Waals surface area contributed by atoms with E-state index >= 15 is 0 Å². The molecule has 5 rings (SSSR count). The van der Waals surface area contributed by atoms with Gasteiger partial charge in [-0.05, 0) is 61.4 Å². The number of halogens is 1. The van der Waals surface area contributed by atoms with E-state index in [1.807, 2.05) is 13.0 Å². The zero-order valence-corrected chi connectivity index (χ0v) is 17.9. The molecule has 2 aliphatic rings. The maximum Gasteiger partial charge on any atom is 0.246 e. The lowest BCUT2D eigenvalue weighted by molar-refractivity contribution is -0.0660. The molecule has 2 saturated heterocycles. The Bertz CT molecular complexity index is 1050. The number of aryl methyl sites for hydroxylation is 2. The molecule has 3 aromatic rings. The summed E-state index contributed by atoms with van der Waals surface area (Å²) in [6.07, 6.45) is 1.59. The van der Waals surface area contributed by atoms with E-state index in [2.05, 4.69) is 50.3 Å². The second-order valence-electron chi connectivity index (χ2n) is 8.40. The molecule has 0 aliphatic carbocycles. The Kier molecular flexibility index (Phi) is 5.33. The summed E-state index contributed by atoms with van der Waals surface area (Å²) < 4.78 is 20.6. The van der Waals surface area contributed by atoms with Crippen LogP contribution in [-0.2, 0) is 4.74 Å². The van der Waals surface area contributed by atoms with Crippen molar-refractivity contribution in [3.8, 4) is 5.69 Å². The first kappa shape index (κ1) is 20.0. The number of anilines is 3. The summed E-state index contributed by atoms with van der Waals surface area (Å²) in [6, 6.07) is 11.9. The molecule has 0 radical (unpaired) electrons. The van der Waals surface area contributed by atoms with Gasteiger partial charge in [-0.2, -0.15) is 4.98 Å². The van der Waals surface area contributed by atoms with Gasteiger partial charge in [0.05, 0.1) is 24.9 Å². The standard InChI is InChI=1S/C23H27FN6O/c1-16-7-18(24)11-21(10-16)30-15-25-23(27-30)26-19-8-17(2)9-20(12-19)28-3-5-29(6-4-28)22-13-31-14-22/h7-12,15,22H,3-6,13-14H2,1-2H3,(H,26,27). The quantitative estimate of drug-likeness (QED) is 0.681. The molecule has 0 bridgehead atoms. The molecule has 0 unspecified atom stereocenters. The highest BCUT2D eigenvalue weighted by atomic mass is 19.1. The van der Waals surface area contributed by atoms with Crippen LogP contribution in [0.2, 0.25) is 0 Å². The van der Waals surface area contributed by atoms with Crippen LogP contribution in [0, 0.1) is 19.7 Å². The van der Waals surface area contributed by atoms with Crippen LogP contribution in [0.4, 0.5) is 21.7 Å². The van der Waals surface area contributed by atoms with E-state index in [-0.39, 0.29) is 5.82 Å². The van der Waals surface area contributed by atoms with Crippen molar-refractivity contribution in [3.63, 3.8) is 0 Å². The molecule has 2 aromatic carbocycles. The van der Waals surface area contributed by atoms with E-state index in [0.717, 1.165) is 50.6 Å². The zero-order chi connectivity index (χ0) is 21.4. The predicted octanol–water partition coefficient (Wildman–Crippen LogP) is 3.29. The Balaban J connectivity index is 1.29. The van der Waals surface area contributed by atoms with Crippen LogP contribution in [0.5, 0.6) is 0 Å². The normalized spacial score (nSPS) is 17.6. The lowest BCUT2D eigenvalue weighted by atomic mass is 10.1. The highest BCUT2D eigenvalue weighted by Gasteiger charge is 2.29. The highest BCUT2D eigenvalue weighted by molar-refractivity contribution is 5.64. The Hall–Kier alpha value is -2.97. The molecule has 2 aliphatic heterocycles. The van der Waals surface area contributed by atoms with Crippen LogP contribution in [0.25, 0.3) is 5.69 Å². The largest absolute Gasteiger partial charge is 0.378 e. The fourth-order valence-electron chi connectivity index (χ4n) is 4.22. The number of benzene rings is 2. The smallest absolute Gasteiger partial charge is 0.246 e. The summed E-state index contributed by atoms with van der Waals surface area (Å²) in [5.74, 6) is 0.196. The van der Waals surface area contributed by atoms with E-state index in [1.165, 1.54) is 23.4 Å². The van der Waals surface area contributed by atoms with Crippen LogP contribution in [0.3, 0.4) is 0 Å². The number of hydrogen-bond acceptors (Lipinski definition) is 6. The average molecular weight is 423 g/mol. The number of aromatic nitrogens is 3. The van der Waals surface area contributed by atoms with E-state index < -0.39 is 0 Å². The number of rotatable bonds is 5. The molecule has 31 heavy (non-hydrogen) atoms. The second-order valence-corrected chi connectivity index (χ2v) is 8.40. The molecule has 0 atom stereocenters. The van der Waals surface area contributed by atoms with Gasteiger partial charge in [0.15, 0.2) is 0 Å². The van der Waals surface area contributed by atoms with Crippen molar-refractivity contribution in [2.24, 2.45) is 0 Å². The molecule has 0 saturated carbocycles. The van der Waals surface area contributed by atoms with Crippen LogP contribution in [0.1, 0.15) is 11.1 Å². The molecular formula is C23H27FN6O. The first-order chi connectivity index (χ1) is 15.0. The van der Waals surface area contributed by atoms with Gasteiger partial charge in [0, 0.05) is 37.6 Å². The lowest BCUT2D eigenvalue weighted by Gasteiger charge is -2.43. The number of hydrogen-bond donors (Lipinski definition) is 1. The van der Waals surface area contributed by atoms with Crippen LogP contribution in [0.15, 0.2) is 42.7 Å². The van der Waals surface area contributed by atoms with Gasteiger partial charge in [0.1, 0.15) is 12.1 Å². The summed E-state index contributed by atoms with van der Waals surface area (Å²) >= 11 is 0. The number of nitrogens with zero attached hydrogens (tertiary/aromatic N) is 5. The summed E-state index contributed by atoms with van der Waals surface area (Å²) in [4.78, 5) is 9.30. The third kappa shape index (κ3) is 4.40. The number of ether oxygens (including phenoxy) is 1. The summed E-state index contributed by atoms with van der Waals surface area (Å²) in [5, 5.41) is 7.77. The third-order valence-corrected chi connectivity index (χ3v) is 5.92. The van der Waals surface area contributed by atoms with Gasteiger partial charge in [-0.3, -0.25) is 4.90 Å². The fraction of sp³-hybridized carbons (Fsp3) is 0.391. The lowest BCUT2D eigenvalue weighted by Crippen LogP contribution is -2.56. The van der Waals surface area contributed by atoms with Gasteiger partial charge in [0.25, 0.3) is 0 Å². The van der Waals surface area contributed by atoms with Crippen LogP contribution in [-0.4, -0.2) is 65.1 Å². The van der Waals surface area contributed by atoms with Gasteiger partial charge in [-0.15, -0.1) is 5.10 Å². The van der Waals surface area contributed by atoms with Gasteiger partial charge < -0.3 is 15.0 Å². The van der Waals surface area contributed by atoms with Crippen molar-refractivity contribution in [1.82, 2.24) is 19.7 Å². The summed E-state index contributed by atoms with van der Waals surface area (Å²) in [5.41, 5.74) is 4.81. The molecule has 3 heterocycles. The monoisotopic (exact) mass is 422 g/mol. The molecular weight excluding hydrogens is 395 g/mol. The van der Waals surface area contributed by atoms with Gasteiger partial charge in [0.2, 0.25) is 5.95 Å². The maximum atomic E-state index is 13.7.